The van der Waals surface area contributed by atoms with Crippen LogP contribution in [0.15, 0.2) is 54.6 Å². The fourth-order valence-corrected chi connectivity index (χ4v) is 2.03. The number of carbonyl (C=O) groups is 2. The number of carboxylic acid groups (broad SMARTS) is 1. The van der Waals surface area contributed by atoms with E-state index < -0.39 is 11.9 Å². The van der Waals surface area contributed by atoms with E-state index in [0.29, 0.717) is 11.1 Å². The Balaban J connectivity index is 2.04. The van der Waals surface area contributed by atoms with Crippen LogP contribution in [0, 0.1) is 6.92 Å². The summed E-state index contributed by atoms with van der Waals surface area (Å²) in [5.41, 5.74) is 2.27. The molecule has 2 N–H and O–H groups in total. The first kappa shape index (κ1) is 14.8. The van der Waals surface area contributed by atoms with Crippen LogP contribution in [0.3, 0.4) is 0 Å². The van der Waals surface area contributed by atoms with Gasteiger partial charge in [-0.25, -0.2) is 0 Å². The molecule has 21 heavy (non-hydrogen) atoms. The molecule has 1 amide bonds. The highest BCUT2D eigenvalue weighted by Gasteiger charge is 2.20. The Morgan fingerprint density at radius 3 is 2.24 bits per heavy atom. The van der Waals surface area contributed by atoms with Crippen LogP contribution in [0.1, 0.15) is 27.4 Å². The Morgan fingerprint density at radius 2 is 1.67 bits per heavy atom. The van der Waals surface area contributed by atoms with E-state index in [0.717, 1.165) is 5.56 Å². The Hall–Kier alpha value is -2.62. The summed E-state index contributed by atoms with van der Waals surface area (Å²) in [4.78, 5) is 23.4. The van der Waals surface area contributed by atoms with E-state index in [1.165, 1.54) is 0 Å². The van der Waals surface area contributed by atoms with Crippen molar-refractivity contribution in [3.05, 3.63) is 71.3 Å². The van der Waals surface area contributed by atoms with Gasteiger partial charge >= 0.3 is 5.97 Å². The van der Waals surface area contributed by atoms with E-state index in [4.69, 9.17) is 0 Å². The van der Waals surface area contributed by atoms with Crippen molar-refractivity contribution in [1.29, 1.82) is 0 Å². The summed E-state index contributed by atoms with van der Waals surface area (Å²) in [5, 5.41) is 12.0. The van der Waals surface area contributed by atoms with E-state index in [9.17, 15) is 14.7 Å². The minimum absolute atomic E-state index is 0.0616. The van der Waals surface area contributed by atoms with Crippen molar-refractivity contribution < 1.29 is 14.7 Å². The van der Waals surface area contributed by atoms with Crippen LogP contribution in [-0.4, -0.2) is 23.5 Å². The average Bonchev–Trinajstić information content (AvgIpc) is 2.48. The third-order valence-corrected chi connectivity index (χ3v) is 3.28. The molecule has 2 aromatic carbocycles. The fourth-order valence-electron chi connectivity index (χ4n) is 2.03. The number of aryl methyl sites for hydroxylation is 1. The molecule has 0 saturated heterocycles. The lowest BCUT2D eigenvalue weighted by Gasteiger charge is -2.14. The summed E-state index contributed by atoms with van der Waals surface area (Å²) in [6.07, 6.45) is 0. The van der Waals surface area contributed by atoms with Gasteiger partial charge in [0.15, 0.2) is 0 Å². The lowest BCUT2D eigenvalue weighted by atomic mass is 9.99. The van der Waals surface area contributed by atoms with Crippen LogP contribution < -0.4 is 5.32 Å². The van der Waals surface area contributed by atoms with Gasteiger partial charge in [0.1, 0.15) is 0 Å². The van der Waals surface area contributed by atoms with Gasteiger partial charge in [-0.1, -0.05) is 48.0 Å². The van der Waals surface area contributed by atoms with Gasteiger partial charge in [-0.3, -0.25) is 9.59 Å². The molecule has 0 fully saturated rings. The smallest absolute Gasteiger partial charge is 0.312 e. The number of hydrogen-bond donors (Lipinski definition) is 2. The van der Waals surface area contributed by atoms with Gasteiger partial charge in [0.2, 0.25) is 0 Å². The van der Waals surface area contributed by atoms with Gasteiger partial charge in [-0.05, 0) is 24.6 Å². The highest BCUT2D eigenvalue weighted by Crippen LogP contribution is 2.15. The third-order valence-electron chi connectivity index (χ3n) is 3.28. The molecule has 0 radical (unpaired) electrons. The number of carboxylic acids is 1. The molecule has 0 aliphatic carbocycles. The molecular weight excluding hydrogens is 266 g/mol. The summed E-state index contributed by atoms with van der Waals surface area (Å²) in [6.45, 7) is 2.00. The van der Waals surface area contributed by atoms with E-state index in [2.05, 4.69) is 5.32 Å². The minimum atomic E-state index is -0.953. The molecule has 4 nitrogen and oxygen atoms in total. The average molecular weight is 283 g/mol. The molecule has 1 unspecified atom stereocenters. The van der Waals surface area contributed by atoms with Crippen molar-refractivity contribution in [3.63, 3.8) is 0 Å². The highest BCUT2D eigenvalue weighted by atomic mass is 16.4. The van der Waals surface area contributed by atoms with Crippen molar-refractivity contribution in [2.75, 3.05) is 6.54 Å². The number of hydrogen-bond acceptors (Lipinski definition) is 2. The zero-order valence-electron chi connectivity index (χ0n) is 11.7. The van der Waals surface area contributed by atoms with Crippen LogP contribution in [-0.2, 0) is 4.79 Å². The Kier molecular flexibility index (Phi) is 4.72. The van der Waals surface area contributed by atoms with E-state index in [1.54, 1.807) is 36.4 Å². The normalized spacial score (nSPS) is 11.7. The first-order valence-electron chi connectivity index (χ1n) is 6.70. The molecular formula is C17H17NO3. The highest BCUT2D eigenvalue weighted by molar-refractivity contribution is 5.94. The number of rotatable bonds is 5. The fraction of sp³-hybridized carbons (Fsp3) is 0.176. The second-order valence-electron chi connectivity index (χ2n) is 4.88. The number of amides is 1. The van der Waals surface area contributed by atoms with Crippen molar-refractivity contribution in [2.45, 2.75) is 12.8 Å². The zero-order valence-corrected chi connectivity index (χ0v) is 11.7. The van der Waals surface area contributed by atoms with Gasteiger partial charge in [0.05, 0.1) is 5.92 Å². The van der Waals surface area contributed by atoms with Crippen LogP contribution in [0.2, 0.25) is 0 Å². The van der Waals surface area contributed by atoms with E-state index >= 15 is 0 Å². The van der Waals surface area contributed by atoms with E-state index in [-0.39, 0.29) is 12.5 Å². The predicted octanol–water partition coefficient (Wildman–Crippen LogP) is 2.59. The molecule has 0 spiro atoms. The number of aliphatic carboxylic acids is 1. The van der Waals surface area contributed by atoms with Crippen LogP contribution in [0.4, 0.5) is 0 Å². The van der Waals surface area contributed by atoms with Crippen molar-refractivity contribution in [2.24, 2.45) is 0 Å². The minimum Gasteiger partial charge on any atom is -0.481 e. The predicted molar refractivity (Wildman–Crippen MR) is 80.3 cm³/mol. The topological polar surface area (TPSA) is 66.4 Å². The molecule has 0 aliphatic rings. The number of benzene rings is 2. The molecule has 0 heterocycles. The standard InChI is InChI=1S/C17H17NO3/c1-12-7-9-14(10-8-12)16(19)18-11-15(17(20)21)13-5-3-2-4-6-13/h2-10,15H,11H2,1H3,(H,18,19)(H,20,21). The van der Waals surface area contributed by atoms with Crippen LogP contribution >= 0.6 is 0 Å². The van der Waals surface area contributed by atoms with Crippen molar-refractivity contribution in [1.82, 2.24) is 5.32 Å². The second kappa shape index (κ2) is 6.70. The Bertz CT molecular complexity index is 620. The monoisotopic (exact) mass is 283 g/mol. The number of carbonyl (C=O) groups excluding carboxylic acids is 1. The van der Waals surface area contributed by atoms with Gasteiger partial charge in [0.25, 0.3) is 5.91 Å². The molecule has 4 heteroatoms. The quantitative estimate of drug-likeness (QED) is 0.886. The Labute approximate surface area is 123 Å². The maximum absolute atomic E-state index is 12.0. The van der Waals surface area contributed by atoms with Gasteiger partial charge in [-0.15, -0.1) is 0 Å². The molecule has 2 rings (SSSR count). The first-order chi connectivity index (χ1) is 10.1. The second-order valence-corrected chi connectivity index (χ2v) is 4.88. The summed E-state index contributed by atoms with van der Waals surface area (Å²) in [5.74, 6) is -1.97. The summed E-state index contributed by atoms with van der Waals surface area (Å²) >= 11 is 0. The van der Waals surface area contributed by atoms with Crippen LogP contribution in [0.5, 0.6) is 0 Å². The molecule has 0 aromatic heterocycles. The summed E-state index contributed by atoms with van der Waals surface area (Å²) in [6, 6.07) is 16.0. The molecule has 1 atom stereocenters. The zero-order chi connectivity index (χ0) is 15.2. The van der Waals surface area contributed by atoms with Crippen LogP contribution in [0.25, 0.3) is 0 Å². The van der Waals surface area contributed by atoms with Gasteiger partial charge in [0, 0.05) is 12.1 Å². The Morgan fingerprint density at radius 1 is 1.05 bits per heavy atom. The van der Waals surface area contributed by atoms with Gasteiger partial charge < -0.3 is 10.4 Å². The summed E-state index contributed by atoms with van der Waals surface area (Å²) in [7, 11) is 0. The lowest BCUT2D eigenvalue weighted by molar-refractivity contribution is -0.138. The summed E-state index contributed by atoms with van der Waals surface area (Å²) < 4.78 is 0. The maximum atomic E-state index is 12.0. The van der Waals surface area contributed by atoms with Crippen molar-refractivity contribution >= 4 is 11.9 Å². The molecule has 0 aliphatic heterocycles. The molecule has 0 bridgehead atoms. The van der Waals surface area contributed by atoms with Gasteiger partial charge in [-0.2, -0.15) is 0 Å². The maximum Gasteiger partial charge on any atom is 0.312 e. The lowest BCUT2D eigenvalue weighted by Crippen LogP contribution is -2.31. The first-order valence-corrected chi connectivity index (χ1v) is 6.70. The number of nitrogens with one attached hydrogen (secondary N) is 1. The third kappa shape index (κ3) is 3.92. The van der Waals surface area contributed by atoms with E-state index in [1.807, 2.05) is 25.1 Å². The molecule has 2 aromatic rings. The SMILES string of the molecule is Cc1ccc(C(=O)NCC(C(=O)O)c2ccccc2)cc1. The van der Waals surface area contributed by atoms with Crippen molar-refractivity contribution in [3.8, 4) is 0 Å². The molecule has 108 valence electrons. The molecule has 0 saturated carbocycles. The largest absolute Gasteiger partial charge is 0.481 e.